The summed E-state index contributed by atoms with van der Waals surface area (Å²) in [5, 5.41) is 29.4. The van der Waals surface area contributed by atoms with Crippen molar-refractivity contribution in [2.45, 2.75) is 37.1 Å². The Morgan fingerprint density at radius 2 is 1.80 bits per heavy atom. The standard InChI is InChI=1S/C14H22NO9P/c15-6-5-8-1-3-9(4-2-8)22-14-12(18)13(24-25(19,20)21)11(17)10(7-16)23-14/h1-4,10-14,16-18H,5-7,15H2,(H2,19,20,21)/t10-,11-,12-,13?,14-/m1/s1. The predicted molar refractivity (Wildman–Crippen MR) is 84.5 cm³/mol. The van der Waals surface area contributed by atoms with Crippen LogP contribution in [0, 0.1) is 0 Å². The highest BCUT2D eigenvalue weighted by atomic mass is 31.2. The van der Waals surface area contributed by atoms with E-state index in [0.29, 0.717) is 18.7 Å². The molecule has 0 bridgehead atoms. The van der Waals surface area contributed by atoms with Crippen LogP contribution in [0.2, 0.25) is 0 Å². The fourth-order valence-electron chi connectivity index (χ4n) is 2.47. The first-order valence-electron chi connectivity index (χ1n) is 7.57. The second kappa shape index (κ2) is 8.54. The third-order valence-corrected chi connectivity index (χ3v) is 4.21. The normalized spacial score (nSPS) is 30.2. The van der Waals surface area contributed by atoms with Crippen LogP contribution in [0.4, 0.5) is 0 Å². The lowest BCUT2D eigenvalue weighted by Crippen LogP contribution is -2.60. The van der Waals surface area contributed by atoms with E-state index in [1.165, 1.54) is 0 Å². The summed E-state index contributed by atoms with van der Waals surface area (Å²) in [4.78, 5) is 17.9. The first kappa shape index (κ1) is 20.2. The molecule has 1 heterocycles. The third kappa shape index (κ3) is 5.45. The molecule has 142 valence electrons. The molecule has 5 atom stereocenters. The Hall–Kier alpha value is -1.07. The van der Waals surface area contributed by atoms with Crippen LogP contribution >= 0.6 is 7.82 Å². The van der Waals surface area contributed by atoms with Gasteiger partial charge >= 0.3 is 7.82 Å². The van der Waals surface area contributed by atoms with E-state index in [9.17, 15) is 19.9 Å². The summed E-state index contributed by atoms with van der Waals surface area (Å²) in [5.41, 5.74) is 6.44. The zero-order valence-corrected chi connectivity index (χ0v) is 14.1. The van der Waals surface area contributed by atoms with E-state index in [0.717, 1.165) is 5.56 Å². The molecular formula is C14H22NO9P. The van der Waals surface area contributed by atoms with Crippen LogP contribution in [0.15, 0.2) is 24.3 Å². The average molecular weight is 379 g/mol. The van der Waals surface area contributed by atoms with Crippen LogP contribution in [-0.2, 0) is 20.2 Å². The van der Waals surface area contributed by atoms with Gasteiger partial charge in [-0.15, -0.1) is 0 Å². The van der Waals surface area contributed by atoms with Gasteiger partial charge in [0.1, 0.15) is 30.2 Å². The number of nitrogens with two attached hydrogens (primary N) is 1. The molecule has 0 radical (unpaired) electrons. The van der Waals surface area contributed by atoms with E-state index < -0.39 is 45.1 Å². The number of phosphoric ester groups is 1. The Morgan fingerprint density at radius 1 is 1.16 bits per heavy atom. The Labute approximate surface area is 144 Å². The predicted octanol–water partition coefficient (Wildman–Crippen LogP) is -1.52. The topological polar surface area (TPSA) is 172 Å². The van der Waals surface area contributed by atoms with E-state index in [-0.39, 0.29) is 0 Å². The Bertz CT molecular complexity index is 592. The lowest BCUT2D eigenvalue weighted by atomic mass is 9.99. The minimum absolute atomic E-state index is 0.313. The molecule has 0 aromatic heterocycles. The van der Waals surface area contributed by atoms with E-state index >= 15 is 0 Å². The minimum Gasteiger partial charge on any atom is -0.462 e. The summed E-state index contributed by atoms with van der Waals surface area (Å²) in [6.07, 6.45) is -7.03. The fraction of sp³-hybridized carbons (Fsp3) is 0.571. The fourth-order valence-corrected chi connectivity index (χ4v) is 3.04. The van der Waals surface area contributed by atoms with Gasteiger partial charge in [-0.05, 0) is 30.7 Å². The number of aliphatic hydroxyl groups is 3. The highest BCUT2D eigenvalue weighted by molar-refractivity contribution is 7.46. The molecule has 1 aromatic rings. The molecule has 1 unspecified atom stereocenters. The lowest BCUT2D eigenvalue weighted by molar-refractivity contribution is -0.274. The number of phosphoric acid groups is 1. The number of hydrogen-bond acceptors (Lipinski definition) is 8. The van der Waals surface area contributed by atoms with Crippen LogP contribution in [-0.4, -0.2) is 69.0 Å². The third-order valence-electron chi connectivity index (χ3n) is 3.69. The number of aliphatic hydroxyl groups excluding tert-OH is 3. The van der Waals surface area contributed by atoms with Crippen molar-refractivity contribution in [3.8, 4) is 5.75 Å². The molecule has 25 heavy (non-hydrogen) atoms. The molecule has 0 spiro atoms. The van der Waals surface area contributed by atoms with E-state index in [4.69, 9.17) is 25.0 Å². The number of ether oxygens (including phenoxy) is 2. The maximum absolute atomic E-state index is 11.0. The summed E-state index contributed by atoms with van der Waals surface area (Å²) in [6.45, 7) is -0.174. The summed E-state index contributed by atoms with van der Waals surface area (Å²) in [5.74, 6) is 0.313. The Morgan fingerprint density at radius 3 is 2.32 bits per heavy atom. The van der Waals surface area contributed by atoms with Gasteiger partial charge in [-0.25, -0.2) is 4.57 Å². The van der Waals surface area contributed by atoms with Crippen LogP contribution in [0.1, 0.15) is 5.56 Å². The number of benzene rings is 1. The smallest absolute Gasteiger partial charge is 0.462 e. The summed E-state index contributed by atoms with van der Waals surface area (Å²) < 4.78 is 26.2. The zero-order valence-electron chi connectivity index (χ0n) is 13.2. The summed E-state index contributed by atoms with van der Waals surface area (Å²) >= 11 is 0. The first-order chi connectivity index (χ1) is 11.7. The van der Waals surface area contributed by atoms with Crippen molar-refractivity contribution in [3.05, 3.63) is 29.8 Å². The number of hydrogen-bond donors (Lipinski definition) is 6. The van der Waals surface area contributed by atoms with Crippen molar-refractivity contribution in [2.24, 2.45) is 5.73 Å². The van der Waals surface area contributed by atoms with Crippen molar-refractivity contribution in [2.75, 3.05) is 13.2 Å². The quantitative estimate of drug-likeness (QED) is 0.306. The maximum atomic E-state index is 11.0. The summed E-state index contributed by atoms with van der Waals surface area (Å²) in [6, 6.07) is 6.75. The molecule has 1 aliphatic heterocycles. The van der Waals surface area contributed by atoms with Gasteiger partial charge in [0.05, 0.1) is 6.61 Å². The van der Waals surface area contributed by atoms with Crippen LogP contribution in [0.25, 0.3) is 0 Å². The van der Waals surface area contributed by atoms with E-state index in [2.05, 4.69) is 4.52 Å². The molecule has 10 nitrogen and oxygen atoms in total. The second-order valence-electron chi connectivity index (χ2n) is 5.57. The highest BCUT2D eigenvalue weighted by Gasteiger charge is 2.48. The minimum atomic E-state index is -4.99. The molecule has 1 aromatic carbocycles. The SMILES string of the molecule is NCCc1ccc(O[C@@H]2O[C@H](CO)[C@@H](O)C(OP(=O)(O)O)[C@H]2O)cc1. The van der Waals surface area contributed by atoms with Crippen molar-refractivity contribution < 1.29 is 43.7 Å². The van der Waals surface area contributed by atoms with Gasteiger partial charge in [0.2, 0.25) is 6.29 Å². The Balaban J connectivity index is 2.13. The second-order valence-corrected chi connectivity index (χ2v) is 6.76. The Kier molecular flexibility index (Phi) is 6.92. The van der Waals surface area contributed by atoms with Gasteiger partial charge < -0.3 is 40.3 Å². The molecule has 1 aliphatic rings. The van der Waals surface area contributed by atoms with Gasteiger partial charge in [0, 0.05) is 0 Å². The van der Waals surface area contributed by atoms with Gasteiger partial charge in [-0.1, -0.05) is 12.1 Å². The van der Waals surface area contributed by atoms with Crippen molar-refractivity contribution in [1.82, 2.24) is 0 Å². The highest BCUT2D eigenvalue weighted by Crippen LogP contribution is 2.41. The largest absolute Gasteiger partial charge is 0.470 e. The van der Waals surface area contributed by atoms with E-state index in [1.807, 2.05) is 0 Å². The van der Waals surface area contributed by atoms with E-state index in [1.54, 1.807) is 24.3 Å². The maximum Gasteiger partial charge on any atom is 0.470 e. The average Bonchev–Trinajstić information content (AvgIpc) is 2.55. The van der Waals surface area contributed by atoms with Crippen molar-refractivity contribution >= 4 is 7.82 Å². The number of rotatable bonds is 7. The molecule has 7 N–H and O–H groups in total. The van der Waals surface area contributed by atoms with Gasteiger partial charge in [0.25, 0.3) is 0 Å². The van der Waals surface area contributed by atoms with Crippen LogP contribution < -0.4 is 10.5 Å². The molecule has 11 heteroatoms. The lowest BCUT2D eigenvalue weighted by Gasteiger charge is -2.41. The van der Waals surface area contributed by atoms with Gasteiger partial charge in [0.15, 0.2) is 0 Å². The molecular weight excluding hydrogens is 357 g/mol. The molecule has 2 rings (SSSR count). The summed E-state index contributed by atoms with van der Waals surface area (Å²) in [7, 11) is -4.99. The molecule has 1 saturated heterocycles. The van der Waals surface area contributed by atoms with Gasteiger partial charge in [-0.2, -0.15) is 0 Å². The van der Waals surface area contributed by atoms with Crippen LogP contribution in [0.5, 0.6) is 5.75 Å². The molecule has 0 aliphatic carbocycles. The monoisotopic (exact) mass is 379 g/mol. The van der Waals surface area contributed by atoms with Crippen molar-refractivity contribution in [1.29, 1.82) is 0 Å². The van der Waals surface area contributed by atoms with Crippen molar-refractivity contribution in [3.63, 3.8) is 0 Å². The molecule has 0 amide bonds. The molecule has 0 saturated carbocycles. The zero-order chi connectivity index (χ0) is 18.6. The first-order valence-corrected chi connectivity index (χ1v) is 9.10. The van der Waals surface area contributed by atoms with Gasteiger partial charge in [-0.3, -0.25) is 4.52 Å². The van der Waals surface area contributed by atoms with Crippen LogP contribution in [0.3, 0.4) is 0 Å². The molecule has 1 fully saturated rings.